The Morgan fingerprint density at radius 1 is 1.25 bits per heavy atom. The van der Waals surface area contributed by atoms with Crippen molar-refractivity contribution in [3.8, 4) is 5.75 Å². The summed E-state index contributed by atoms with van der Waals surface area (Å²) < 4.78 is 5.45. The molecular formula is C17H19N3O3S. The van der Waals surface area contributed by atoms with Crippen LogP contribution in [0.25, 0.3) is 0 Å². The first-order valence-corrected chi connectivity index (χ1v) is 8.43. The number of hydrogen-bond acceptors (Lipinski definition) is 5. The number of rotatable bonds is 8. The minimum absolute atomic E-state index is 0.144. The lowest BCUT2D eigenvalue weighted by Crippen LogP contribution is -2.34. The topological polar surface area (TPSA) is 79.8 Å². The SMILES string of the molecule is CCCOc1ccc(C(=O)NCC(=O)N/N=C\c2cccs2)cc1. The van der Waals surface area contributed by atoms with Gasteiger partial charge in [0.25, 0.3) is 11.8 Å². The second-order valence-electron chi connectivity index (χ2n) is 4.86. The summed E-state index contributed by atoms with van der Waals surface area (Å²) in [5, 5.41) is 8.28. The summed E-state index contributed by atoms with van der Waals surface area (Å²) in [5.74, 6) is 0.00235. The third kappa shape index (κ3) is 5.85. The van der Waals surface area contributed by atoms with E-state index in [1.54, 1.807) is 30.5 Å². The molecule has 6 nitrogen and oxygen atoms in total. The van der Waals surface area contributed by atoms with Crippen molar-refractivity contribution in [2.24, 2.45) is 5.10 Å². The van der Waals surface area contributed by atoms with Crippen molar-refractivity contribution in [3.63, 3.8) is 0 Å². The minimum Gasteiger partial charge on any atom is -0.494 e. The van der Waals surface area contributed by atoms with Gasteiger partial charge in [0, 0.05) is 10.4 Å². The highest BCUT2D eigenvalue weighted by Gasteiger charge is 2.07. The Labute approximate surface area is 144 Å². The molecule has 0 spiro atoms. The summed E-state index contributed by atoms with van der Waals surface area (Å²) >= 11 is 1.52. The standard InChI is InChI=1S/C17H19N3O3S/c1-2-9-23-14-7-5-13(6-8-14)17(22)18-12-16(21)20-19-11-15-4-3-10-24-15/h3-8,10-11H,2,9,12H2,1H3,(H,18,22)(H,20,21)/b19-11-. The Bertz CT molecular complexity index is 682. The molecule has 2 N–H and O–H groups in total. The number of ether oxygens (including phenoxy) is 1. The maximum atomic E-state index is 12.0. The fourth-order valence-electron chi connectivity index (χ4n) is 1.76. The molecule has 0 unspecified atom stereocenters. The molecule has 2 rings (SSSR count). The lowest BCUT2D eigenvalue weighted by molar-refractivity contribution is -0.120. The number of carbonyl (C=O) groups excluding carboxylic acids is 2. The summed E-state index contributed by atoms with van der Waals surface area (Å²) in [7, 11) is 0. The highest BCUT2D eigenvalue weighted by molar-refractivity contribution is 7.11. The number of amides is 2. The first-order valence-electron chi connectivity index (χ1n) is 7.55. The molecule has 0 bridgehead atoms. The van der Waals surface area contributed by atoms with Gasteiger partial charge in [0.2, 0.25) is 0 Å². The van der Waals surface area contributed by atoms with Crippen molar-refractivity contribution in [2.45, 2.75) is 13.3 Å². The van der Waals surface area contributed by atoms with Gasteiger partial charge in [-0.05, 0) is 42.1 Å². The van der Waals surface area contributed by atoms with Crippen LogP contribution in [0, 0.1) is 0 Å². The van der Waals surface area contributed by atoms with Gasteiger partial charge in [0.05, 0.1) is 19.4 Å². The molecule has 0 fully saturated rings. The van der Waals surface area contributed by atoms with Gasteiger partial charge in [0.15, 0.2) is 0 Å². The Morgan fingerprint density at radius 3 is 2.71 bits per heavy atom. The highest BCUT2D eigenvalue weighted by Crippen LogP contribution is 2.12. The van der Waals surface area contributed by atoms with Gasteiger partial charge >= 0.3 is 0 Å². The molecular weight excluding hydrogens is 326 g/mol. The van der Waals surface area contributed by atoms with Crippen molar-refractivity contribution in [2.75, 3.05) is 13.2 Å². The quantitative estimate of drug-likeness (QED) is 0.569. The number of carbonyl (C=O) groups is 2. The molecule has 0 atom stereocenters. The van der Waals surface area contributed by atoms with Crippen LogP contribution in [0.3, 0.4) is 0 Å². The molecule has 0 saturated heterocycles. The molecule has 1 heterocycles. The Balaban J connectivity index is 1.74. The van der Waals surface area contributed by atoms with Crippen LogP contribution >= 0.6 is 11.3 Å². The molecule has 126 valence electrons. The van der Waals surface area contributed by atoms with Crippen LogP contribution in [0.1, 0.15) is 28.6 Å². The van der Waals surface area contributed by atoms with Gasteiger partial charge < -0.3 is 10.1 Å². The average molecular weight is 345 g/mol. The van der Waals surface area contributed by atoms with E-state index in [0.717, 1.165) is 11.3 Å². The molecule has 2 aromatic rings. The van der Waals surface area contributed by atoms with Gasteiger partial charge in [-0.15, -0.1) is 11.3 Å². The van der Waals surface area contributed by atoms with Crippen molar-refractivity contribution in [3.05, 3.63) is 52.2 Å². The molecule has 0 saturated carbocycles. The van der Waals surface area contributed by atoms with Crippen LogP contribution in [0.5, 0.6) is 5.75 Å². The molecule has 0 aliphatic heterocycles. The van der Waals surface area contributed by atoms with E-state index in [1.165, 1.54) is 11.3 Å². The van der Waals surface area contributed by atoms with Crippen molar-refractivity contribution in [1.82, 2.24) is 10.7 Å². The first-order chi connectivity index (χ1) is 11.7. The summed E-state index contributed by atoms with van der Waals surface area (Å²) in [4.78, 5) is 24.5. The van der Waals surface area contributed by atoms with Crippen LogP contribution in [-0.4, -0.2) is 31.2 Å². The van der Waals surface area contributed by atoms with Crippen LogP contribution in [0.15, 0.2) is 46.9 Å². The minimum atomic E-state index is -0.390. The maximum Gasteiger partial charge on any atom is 0.259 e. The van der Waals surface area contributed by atoms with E-state index in [1.807, 2.05) is 24.4 Å². The van der Waals surface area contributed by atoms with E-state index in [4.69, 9.17) is 4.74 Å². The monoisotopic (exact) mass is 345 g/mol. The van der Waals surface area contributed by atoms with Crippen LogP contribution < -0.4 is 15.5 Å². The van der Waals surface area contributed by atoms with Gasteiger partial charge in [0.1, 0.15) is 5.75 Å². The van der Waals surface area contributed by atoms with Crippen LogP contribution in [0.2, 0.25) is 0 Å². The average Bonchev–Trinajstić information content (AvgIpc) is 3.11. The van der Waals surface area contributed by atoms with Crippen LogP contribution in [-0.2, 0) is 4.79 Å². The van der Waals surface area contributed by atoms with Gasteiger partial charge in [-0.25, -0.2) is 5.43 Å². The largest absolute Gasteiger partial charge is 0.494 e. The Hall–Kier alpha value is -2.67. The lowest BCUT2D eigenvalue weighted by Gasteiger charge is -2.06. The van der Waals surface area contributed by atoms with Gasteiger partial charge in [-0.2, -0.15) is 5.10 Å². The number of hydrogen-bond donors (Lipinski definition) is 2. The van der Waals surface area contributed by atoms with Gasteiger partial charge in [-0.3, -0.25) is 9.59 Å². The molecule has 7 heteroatoms. The van der Waals surface area contributed by atoms with E-state index in [0.29, 0.717) is 17.9 Å². The Kier molecular flexibility index (Phi) is 6.97. The fraction of sp³-hybridized carbons (Fsp3) is 0.235. The fourth-order valence-corrected chi connectivity index (χ4v) is 2.34. The van der Waals surface area contributed by atoms with E-state index in [-0.39, 0.29) is 18.4 Å². The number of hydrazone groups is 1. The summed E-state index contributed by atoms with van der Waals surface area (Å²) in [6.45, 7) is 2.52. The molecule has 1 aromatic heterocycles. The molecule has 24 heavy (non-hydrogen) atoms. The summed E-state index contributed by atoms with van der Waals surface area (Å²) in [5.41, 5.74) is 2.83. The molecule has 0 radical (unpaired) electrons. The summed E-state index contributed by atoms with van der Waals surface area (Å²) in [6, 6.07) is 10.6. The van der Waals surface area contributed by atoms with Gasteiger partial charge in [-0.1, -0.05) is 13.0 Å². The van der Waals surface area contributed by atoms with E-state index < -0.39 is 0 Å². The second kappa shape index (κ2) is 9.46. The smallest absolute Gasteiger partial charge is 0.259 e. The second-order valence-corrected chi connectivity index (χ2v) is 5.84. The highest BCUT2D eigenvalue weighted by atomic mass is 32.1. The zero-order valence-corrected chi connectivity index (χ0v) is 14.1. The lowest BCUT2D eigenvalue weighted by atomic mass is 10.2. The van der Waals surface area contributed by atoms with Crippen LogP contribution in [0.4, 0.5) is 0 Å². The normalized spacial score (nSPS) is 10.5. The third-order valence-corrected chi connectivity index (χ3v) is 3.73. The molecule has 0 aliphatic carbocycles. The zero-order valence-electron chi connectivity index (χ0n) is 13.3. The molecule has 1 aromatic carbocycles. The molecule has 2 amide bonds. The number of nitrogens with one attached hydrogen (secondary N) is 2. The molecule has 0 aliphatic rings. The summed E-state index contributed by atoms with van der Waals surface area (Å²) in [6.07, 6.45) is 2.48. The number of benzene rings is 1. The van der Waals surface area contributed by atoms with E-state index in [9.17, 15) is 9.59 Å². The maximum absolute atomic E-state index is 12.0. The number of thiophene rings is 1. The first kappa shape index (κ1) is 17.7. The van der Waals surface area contributed by atoms with E-state index >= 15 is 0 Å². The van der Waals surface area contributed by atoms with Crippen molar-refractivity contribution < 1.29 is 14.3 Å². The third-order valence-electron chi connectivity index (χ3n) is 2.92. The van der Waals surface area contributed by atoms with E-state index in [2.05, 4.69) is 15.8 Å². The van der Waals surface area contributed by atoms with Crippen molar-refractivity contribution in [1.29, 1.82) is 0 Å². The zero-order chi connectivity index (χ0) is 17.2. The Morgan fingerprint density at radius 2 is 2.04 bits per heavy atom. The number of nitrogens with zero attached hydrogens (tertiary/aromatic N) is 1. The predicted molar refractivity (Wildman–Crippen MR) is 94.6 cm³/mol. The van der Waals surface area contributed by atoms with Crippen molar-refractivity contribution >= 4 is 29.4 Å². The predicted octanol–water partition coefficient (Wildman–Crippen LogP) is 2.42.